The first kappa shape index (κ1) is 9.90. The Morgan fingerprint density at radius 2 is 2.07 bits per heavy atom. The number of hydrogen-bond donors (Lipinski definition) is 0. The molecule has 0 aliphatic rings. The number of nitrogens with zero attached hydrogens (tertiary/aromatic N) is 2. The average molecular weight is 202 g/mol. The van der Waals surface area contributed by atoms with Crippen LogP contribution >= 0.6 is 0 Å². The van der Waals surface area contributed by atoms with E-state index in [9.17, 15) is 0 Å². The molecule has 0 saturated heterocycles. The summed E-state index contributed by atoms with van der Waals surface area (Å²) in [4.78, 5) is 8.38. The van der Waals surface area contributed by atoms with Crippen LogP contribution in [0.25, 0.3) is 11.3 Å². The van der Waals surface area contributed by atoms with Gasteiger partial charge in [0.1, 0.15) is 0 Å². The summed E-state index contributed by atoms with van der Waals surface area (Å²) in [6.07, 6.45) is 5.13. The maximum Gasteiger partial charge on any atom is 0.181 e. The molecule has 0 radical (unpaired) electrons. The SMILES string of the molecule is Cc1cncc(-c2ocnc2C(C)C)c1. The van der Waals surface area contributed by atoms with Crippen LogP contribution in [-0.2, 0) is 0 Å². The summed E-state index contributed by atoms with van der Waals surface area (Å²) in [6.45, 7) is 6.22. The molecule has 0 saturated carbocycles. The number of aryl methyl sites for hydroxylation is 1. The highest BCUT2D eigenvalue weighted by Crippen LogP contribution is 2.27. The van der Waals surface area contributed by atoms with E-state index in [0.717, 1.165) is 22.6 Å². The molecule has 0 fully saturated rings. The van der Waals surface area contributed by atoms with Crippen LogP contribution in [0, 0.1) is 6.92 Å². The van der Waals surface area contributed by atoms with Crippen molar-refractivity contribution in [2.24, 2.45) is 0 Å². The fraction of sp³-hybridized carbons (Fsp3) is 0.333. The number of oxazole rings is 1. The third-order valence-corrected chi connectivity index (χ3v) is 2.28. The van der Waals surface area contributed by atoms with E-state index in [-0.39, 0.29) is 0 Å². The van der Waals surface area contributed by atoms with Crippen LogP contribution in [0.1, 0.15) is 31.0 Å². The Morgan fingerprint density at radius 3 is 2.73 bits per heavy atom. The first-order chi connectivity index (χ1) is 7.18. The first-order valence-electron chi connectivity index (χ1n) is 5.04. The molecular weight excluding hydrogens is 188 g/mol. The van der Waals surface area contributed by atoms with Gasteiger partial charge in [0, 0.05) is 18.0 Å². The summed E-state index contributed by atoms with van der Waals surface area (Å²) in [6, 6.07) is 2.05. The van der Waals surface area contributed by atoms with Crippen molar-refractivity contribution in [2.45, 2.75) is 26.7 Å². The lowest BCUT2D eigenvalue weighted by molar-refractivity contribution is 0.570. The van der Waals surface area contributed by atoms with Gasteiger partial charge < -0.3 is 4.42 Å². The van der Waals surface area contributed by atoms with Gasteiger partial charge in [0.15, 0.2) is 12.2 Å². The second-order valence-electron chi connectivity index (χ2n) is 3.97. The van der Waals surface area contributed by atoms with Crippen molar-refractivity contribution in [1.29, 1.82) is 0 Å². The van der Waals surface area contributed by atoms with Crippen molar-refractivity contribution < 1.29 is 4.42 Å². The van der Waals surface area contributed by atoms with Gasteiger partial charge in [0.05, 0.1) is 5.69 Å². The number of aromatic nitrogens is 2. The van der Waals surface area contributed by atoms with Gasteiger partial charge in [-0.2, -0.15) is 0 Å². The van der Waals surface area contributed by atoms with E-state index in [1.54, 1.807) is 6.20 Å². The summed E-state index contributed by atoms with van der Waals surface area (Å²) < 4.78 is 5.42. The maximum atomic E-state index is 5.42. The molecule has 0 atom stereocenters. The highest BCUT2D eigenvalue weighted by molar-refractivity contribution is 5.59. The van der Waals surface area contributed by atoms with Crippen LogP contribution in [0.15, 0.2) is 29.3 Å². The predicted octanol–water partition coefficient (Wildman–Crippen LogP) is 3.17. The zero-order valence-electron chi connectivity index (χ0n) is 9.19. The third kappa shape index (κ3) is 1.91. The highest BCUT2D eigenvalue weighted by Gasteiger charge is 2.13. The summed E-state index contributed by atoms with van der Waals surface area (Å²) >= 11 is 0. The van der Waals surface area contributed by atoms with Gasteiger partial charge in [-0.25, -0.2) is 4.98 Å². The van der Waals surface area contributed by atoms with Crippen LogP contribution < -0.4 is 0 Å². The molecule has 0 spiro atoms. The summed E-state index contributed by atoms with van der Waals surface area (Å²) in [5.41, 5.74) is 3.11. The van der Waals surface area contributed by atoms with Gasteiger partial charge in [0.25, 0.3) is 0 Å². The Morgan fingerprint density at radius 1 is 1.27 bits per heavy atom. The van der Waals surface area contributed by atoms with Gasteiger partial charge in [0.2, 0.25) is 0 Å². The number of pyridine rings is 1. The molecular formula is C12H14N2O. The molecule has 3 heteroatoms. The van der Waals surface area contributed by atoms with Crippen molar-refractivity contribution in [2.75, 3.05) is 0 Å². The average Bonchev–Trinajstić information content (AvgIpc) is 2.65. The predicted molar refractivity (Wildman–Crippen MR) is 58.6 cm³/mol. The fourth-order valence-electron chi connectivity index (χ4n) is 1.56. The van der Waals surface area contributed by atoms with Crippen molar-refractivity contribution in [3.8, 4) is 11.3 Å². The second-order valence-corrected chi connectivity index (χ2v) is 3.97. The smallest absolute Gasteiger partial charge is 0.181 e. The first-order valence-corrected chi connectivity index (χ1v) is 5.04. The fourth-order valence-corrected chi connectivity index (χ4v) is 1.56. The monoisotopic (exact) mass is 202 g/mol. The van der Waals surface area contributed by atoms with Gasteiger partial charge in [-0.15, -0.1) is 0 Å². The van der Waals surface area contributed by atoms with Crippen LogP contribution in [-0.4, -0.2) is 9.97 Å². The molecule has 0 bridgehead atoms. The minimum absolute atomic E-state index is 0.360. The van der Waals surface area contributed by atoms with Crippen LogP contribution in [0.4, 0.5) is 0 Å². The lowest BCUT2D eigenvalue weighted by Gasteiger charge is -2.03. The van der Waals surface area contributed by atoms with Crippen LogP contribution in [0.3, 0.4) is 0 Å². The zero-order valence-corrected chi connectivity index (χ0v) is 9.19. The minimum atomic E-state index is 0.360. The molecule has 2 rings (SSSR count). The Labute approximate surface area is 89.2 Å². The molecule has 78 valence electrons. The molecule has 2 aromatic heterocycles. The van der Waals surface area contributed by atoms with Crippen LogP contribution in [0.2, 0.25) is 0 Å². The molecule has 0 amide bonds. The molecule has 2 aromatic rings. The van der Waals surface area contributed by atoms with Crippen molar-refractivity contribution >= 4 is 0 Å². The van der Waals surface area contributed by atoms with E-state index in [2.05, 4.69) is 29.9 Å². The third-order valence-electron chi connectivity index (χ3n) is 2.28. The molecule has 0 N–H and O–H groups in total. The van der Waals surface area contributed by atoms with Gasteiger partial charge in [-0.3, -0.25) is 4.98 Å². The molecule has 0 unspecified atom stereocenters. The molecule has 0 aliphatic heterocycles. The molecule has 15 heavy (non-hydrogen) atoms. The van der Waals surface area contributed by atoms with Crippen molar-refractivity contribution in [1.82, 2.24) is 9.97 Å². The van der Waals surface area contributed by atoms with Gasteiger partial charge >= 0.3 is 0 Å². The molecule has 3 nitrogen and oxygen atoms in total. The number of rotatable bonds is 2. The lowest BCUT2D eigenvalue weighted by Crippen LogP contribution is -1.91. The van der Waals surface area contributed by atoms with Gasteiger partial charge in [-0.05, 0) is 24.5 Å². The number of hydrogen-bond acceptors (Lipinski definition) is 3. The van der Waals surface area contributed by atoms with E-state index < -0.39 is 0 Å². The molecule has 0 aromatic carbocycles. The largest absolute Gasteiger partial charge is 0.443 e. The highest BCUT2D eigenvalue weighted by atomic mass is 16.3. The Hall–Kier alpha value is -1.64. The molecule has 0 aliphatic carbocycles. The Balaban J connectivity index is 2.49. The van der Waals surface area contributed by atoms with Crippen LogP contribution in [0.5, 0.6) is 0 Å². The summed E-state index contributed by atoms with van der Waals surface area (Å²) in [5, 5.41) is 0. The van der Waals surface area contributed by atoms with E-state index >= 15 is 0 Å². The van der Waals surface area contributed by atoms with Gasteiger partial charge in [-0.1, -0.05) is 13.8 Å². The van der Waals surface area contributed by atoms with E-state index in [4.69, 9.17) is 4.42 Å². The normalized spacial score (nSPS) is 10.9. The van der Waals surface area contributed by atoms with Crippen molar-refractivity contribution in [3.05, 3.63) is 36.1 Å². The van der Waals surface area contributed by atoms with Crippen molar-refractivity contribution in [3.63, 3.8) is 0 Å². The summed E-state index contributed by atoms with van der Waals surface area (Å²) in [5.74, 6) is 1.19. The van der Waals surface area contributed by atoms with E-state index in [0.29, 0.717) is 5.92 Å². The van der Waals surface area contributed by atoms with E-state index in [1.165, 1.54) is 6.39 Å². The topological polar surface area (TPSA) is 38.9 Å². The maximum absolute atomic E-state index is 5.42. The summed E-state index contributed by atoms with van der Waals surface area (Å²) in [7, 11) is 0. The quantitative estimate of drug-likeness (QED) is 0.750. The Bertz CT molecular complexity index is 460. The standard InChI is InChI=1S/C12H14N2O/c1-8(2)11-12(15-7-14-11)10-4-9(3)5-13-6-10/h4-8H,1-3H3. The minimum Gasteiger partial charge on any atom is -0.443 e. The lowest BCUT2D eigenvalue weighted by atomic mass is 10.0. The Kier molecular flexibility index (Phi) is 2.54. The molecule has 2 heterocycles. The second kappa shape index (κ2) is 3.85. The van der Waals surface area contributed by atoms with E-state index in [1.807, 2.05) is 13.1 Å². The zero-order chi connectivity index (χ0) is 10.8.